The van der Waals surface area contributed by atoms with Crippen molar-refractivity contribution in [3.8, 4) is 17.2 Å². The summed E-state index contributed by atoms with van der Waals surface area (Å²) >= 11 is 1.25. The second-order valence-corrected chi connectivity index (χ2v) is 10.3. The van der Waals surface area contributed by atoms with Crippen LogP contribution in [0.25, 0.3) is 17.0 Å². The Morgan fingerprint density at radius 2 is 1.85 bits per heavy atom. The standard InChI is InChI=1S/C31H29N3O6S/c1-19(30(36)37)40-28-20(7-6-10-26(28)39-3)17-27-29(35)34(16-15-21-18-32-25-9-5-4-8-24(21)25)31(41-27)33-22-11-13-23(38-2)14-12-22/h4-14,17-19,32H,15-16H2,1-3H3,(H,36,37). The maximum Gasteiger partial charge on any atom is 0.344 e. The molecule has 10 heteroatoms. The van der Waals surface area contributed by atoms with E-state index < -0.39 is 12.1 Å². The molecule has 1 unspecified atom stereocenters. The number of carbonyl (C=O) groups excluding carboxylic acids is 1. The number of hydrogen-bond donors (Lipinski definition) is 2. The van der Waals surface area contributed by atoms with Crippen molar-refractivity contribution in [2.45, 2.75) is 19.4 Å². The van der Waals surface area contributed by atoms with Gasteiger partial charge in [0.2, 0.25) is 0 Å². The third kappa shape index (κ3) is 6.07. The van der Waals surface area contributed by atoms with E-state index in [-0.39, 0.29) is 11.7 Å². The van der Waals surface area contributed by atoms with Crippen LogP contribution < -0.4 is 14.2 Å². The molecule has 1 atom stereocenters. The second-order valence-electron chi connectivity index (χ2n) is 9.25. The normalized spacial score (nSPS) is 16.0. The summed E-state index contributed by atoms with van der Waals surface area (Å²) in [5, 5.41) is 11.0. The molecule has 5 rings (SSSR count). The fraction of sp³-hybridized carbons (Fsp3) is 0.194. The number of carboxylic acids is 1. The first-order chi connectivity index (χ1) is 19.9. The van der Waals surface area contributed by atoms with Gasteiger partial charge in [-0.3, -0.25) is 9.69 Å². The Bertz CT molecular complexity index is 1640. The molecule has 0 radical (unpaired) electrons. The Labute approximate surface area is 241 Å². The minimum absolute atomic E-state index is 0.206. The molecule has 2 heterocycles. The van der Waals surface area contributed by atoms with Crippen LogP contribution in [0, 0.1) is 0 Å². The maximum absolute atomic E-state index is 13.8. The van der Waals surface area contributed by atoms with Gasteiger partial charge in [-0.25, -0.2) is 9.79 Å². The van der Waals surface area contributed by atoms with E-state index >= 15 is 0 Å². The summed E-state index contributed by atoms with van der Waals surface area (Å²) in [6.45, 7) is 1.85. The number of aliphatic imine (C=N–C) groups is 1. The van der Waals surface area contributed by atoms with Crippen LogP contribution in [0.2, 0.25) is 0 Å². The predicted octanol–water partition coefficient (Wildman–Crippen LogP) is 5.88. The summed E-state index contributed by atoms with van der Waals surface area (Å²) in [6.07, 6.45) is 3.16. The average Bonchev–Trinajstić information content (AvgIpc) is 3.53. The van der Waals surface area contributed by atoms with Crippen molar-refractivity contribution in [3.05, 3.63) is 89.0 Å². The van der Waals surface area contributed by atoms with Gasteiger partial charge in [-0.05, 0) is 73.1 Å². The zero-order valence-electron chi connectivity index (χ0n) is 22.8. The number of ether oxygens (including phenoxy) is 3. The van der Waals surface area contributed by atoms with E-state index in [4.69, 9.17) is 19.2 Å². The van der Waals surface area contributed by atoms with Crippen LogP contribution >= 0.6 is 11.8 Å². The van der Waals surface area contributed by atoms with Crippen molar-refractivity contribution in [1.82, 2.24) is 9.88 Å². The van der Waals surface area contributed by atoms with Crippen molar-refractivity contribution in [3.63, 3.8) is 0 Å². The average molecular weight is 572 g/mol. The van der Waals surface area contributed by atoms with Gasteiger partial charge in [0.15, 0.2) is 22.8 Å². The van der Waals surface area contributed by atoms with Crippen LogP contribution in [0.4, 0.5) is 5.69 Å². The first-order valence-corrected chi connectivity index (χ1v) is 13.7. The zero-order valence-corrected chi connectivity index (χ0v) is 23.6. The monoisotopic (exact) mass is 571 g/mol. The fourth-order valence-electron chi connectivity index (χ4n) is 4.43. The maximum atomic E-state index is 13.8. The molecule has 1 aliphatic heterocycles. The number of benzene rings is 3. The number of nitrogens with one attached hydrogen (secondary N) is 1. The Balaban J connectivity index is 1.50. The number of carbonyl (C=O) groups is 2. The quantitative estimate of drug-likeness (QED) is 0.228. The molecular weight excluding hydrogens is 542 g/mol. The van der Waals surface area contributed by atoms with E-state index in [0.29, 0.717) is 45.8 Å². The van der Waals surface area contributed by atoms with Gasteiger partial charge in [0, 0.05) is 29.2 Å². The lowest BCUT2D eigenvalue weighted by molar-refractivity contribution is -0.144. The number of thioether (sulfide) groups is 1. The molecule has 3 aromatic carbocycles. The molecule has 210 valence electrons. The number of aromatic nitrogens is 1. The van der Waals surface area contributed by atoms with Gasteiger partial charge >= 0.3 is 5.97 Å². The smallest absolute Gasteiger partial charge is 0.344 e. The minimum Gasteiger partial charge on any atom is -0.497 e. The molecule has 0 aliphatic carbocycles. The molecule has 0 bridgehead atoms. The van der Waals surface area contributed by atoms with E-state index in [1.165, 1.54) is 25.8 Å². The van der Waals surface area contributed by atoms with Crippen LogP contribution in [0.15, 0.2) is 82.8 Å². The van der Waals surface area contributed by atoms with Crippen LogP contribution in [0.3, 0.4) is 0 Å². The van der Waals surface area contributed by atoms with Crippen molar-refractivity contribution in [1.29, 1.82) is 0 Å². The number of rotatable bonds is 10. The number of fused-ring (bicyclic) bond motifs is 1. The summed E-state index contributed by atoms with van der Waals surface area (Å²) in [5.74, 6) is 0.00488. The third-order valence-corrected chi connectivity index (χ3v) is 7.63. The topological polar surface area (TPSA) is 113 Å². The highest BCUT2D eigenvalue weighted by atomic mass is 32.2. The first-order valence-electron chi connectivity index (χ1n) is 12.9. The Morgan fingerprint density at radius 3 is 2.59 bits per heavy atom. The van der Waals surface area contributed by atoms with Gasteiger partial charge in [0.1, 0.15) is 5.75 Å². The summed E-state index contributed by atoms with van der Waals surface area (Å²) < 4.78 is 16.4. The molecule has 4 aromatic rings. The number of amidine groups is 1. The highest BCUT2D eigenvalue weighted by Crippen LogP contribution is 2.39. The molecular formula is C31H29N3O6S. The fourth-order valence-corrected chi connectivity index (χ4v) is 5.44. The highest BCUT2D eigenvalue weighted by molar-refractivity contribution is 8.18. The van der Waals surface area contributed by atoms with Gasteiger partial charge in [0.25, 0.3) is 5.91 Å². The number of aliphatic carboxylic acids is 1. The summed E-state index contributed by atoms with van der Waals surface area (Å²) in [5.41, 5.74) is 3.35. The van der Waals surface area contributed by atoms with Crippen molar-refractivity contribution in [2.75, 3.05) is 20.8 Å². The molecule has 1 fully saturated rings. The lowest BCUT2D eigenvalue weighted by Gasteiger charge is -2.16. The van der Waals surface area contributed by atoms with Crippen LogP contribution in [0.1, 0.15) is 18.1 Å². The number of hydrogen-bond acceptors (Lipinski definition) is 7. The summed E-state index contributed by atoms with van der Waals surface area (Å²) in [6, 6.07) is 20.5. The number of nitrogens with zero attached hydrogens (tertiary/aromatic N) is 2. The van der Waals surface area contributed by atoms with E-state index in [2.05, 4.69) is 11.1 Å². The van der Waals surface area contributed by atoms with E-state index in [9.17, 15) is 14.7 Å². The SMILES string of the molecule is COc1ccc(N=C2SC(=Cc3cccc(OC)c3OC(C)C(=O)O)C(=O)N2CCc2c[nH]c3ccccc23)cc1. The van der Waals surface area contributed by atoms with Gasteiger partial charge < -0.3 is 24.3 Å². The minimum atomic E-state index is -1.12. The molecule has 41 heavy (non-hydrogen) atoms. The van der Waals surface area contributed by atoms with Crippen LogP contribution in [0.5, 0.6) is 17.2 Å². The van der Waals surface area contributed by atoms with E-state index in [1.807, 2.05) is 48.7 Å². The number of methoxy groups -OCH3 is 2. The van der Waals surface area contributed by atoms with Gasteiger partial charge in [-0.2, -0.15) is 0 Å². The zero-order chi connectivity index (χ0) is 28.9. The molecule has 1 amide bonds. The molecule has 1 saturated heterocycles. The number of H-pyrrole nitrogens is 1. The molecule has 0 spiro atoms. The van der Waals surface area contributed by atoms with Gasteiger partial charge in [-0.1, -0.05) is 30.3 Å². The molecule has 2 N–H and O–H groups in total. The number of aromatic amines is 1. The van der Waals surface area contributed by atoms with Crippen LogP contribution in [-0.4, -0.2) is 58.9 Å². The first kappa shape index (κ1) is 27.9. The molecule has 1 aliphatic rings. The van der Waals surface area contributed by atoms with Crippen molar-refractivity contribution >= 4 is 51.5 Å². The summed E-state index contributed by atoms with van der Waals surface area (Å²) in [4.78, 5) is 35.5. The van der Waals surface area contributed by atoms with E-state index in [1.54, 1.807) is 36.3 Å². The molecule has 0 saturated carbocycles. The predicted molar refractivity (Wildman–Crippen MR) is 160 cm³/mol. The number of para-hydroxylation sites is 2. The molecule has 1 aromatic heterocycles. The van der Waals surface area contributed by atoms with Gasteiger partial charge in [-0.15, -0.1) is 0 Å². The van der Waals surface area contributed by atoms with Crippen molar-refractivity contribution in [2.24, 2.45) is 4.99 Å². The number of carboxylic acid groups (broad SMARTS) is 1. The van der Waals surface area contributed by atoms with Crippen LogP contribution in [-0.2, 0) is 16.0 Å². The highest BCUT2D eigenvalue weighted by Gasteiger charge is 2.34. The summed E-state index contributed by atoms with van der Waals surface area (Å²) in [7, 11) is 3.08. The Morgan fingerprint density at radius 1 is 1.07 bits per heavy atom. The molecule has 9 nitrogen and oxygen atoms in total. The van der Waals surface area contributed by atoms with Gasteiger partial charge in [0.05, 0.1) is 24.8 Å². The van der Waals surface area contributed by atoms with E-state index in [0.717, 1.165) is 16.5 Å². The Hall–Kier alpha value is -4.70. The second kappa shape index (κ2) is 12.2. The van der Waals surface area contributed by atoms with Crippen molar-refractivity contribution < 1.29 is 28.9 Å². The largest absolute Gasteiger partial charge is 0.497 e. The lowest BCUT2D eigenvalue weighted by atomic mass is 10.1. The third-order valence-electron chi connectivity index (χ3n) is 6.62. The lowest BCUT2D eigenvalue weighted by Crippen LogP contribution is -2.31. The Kier molecular flexibility index (Phi) is 8.30. The number of amides is 1.